The van der Waals surface area contributed by atoms with Gasteiger partial charge >= 0.3 is 0 Å². The van der Waals surface area contributed by atoms with Crippen molar-refractivity contribution < 1.29 is 9.47 Å². The highest BCUT2D eigenvalue weighted by Gasteiger charge is 2.41. The minimum absolute atomic E-state index is 0.0487. The lowest BCUT2D eigenvalue weighted by Crippen LogP contribution is -2.33. The number of rotatable bonds is 8. The van der Waals surface area contributed by atoms with Crippen LogP contribution in [0.25, 0.3) is 0 Å². The van der Waals surface area contributed by atoms with Crippen molar-refractivity contribution in [1.29, 1.82) is 0 Å². The summed E-state index contributed by atoms with van der Waals surface area (Å²) in [4.78, 5) is 0. The highest BCUT2D eigenvalue weighted by Crippen LogP contribution is 2.48. The molecule has 0 N–H and O–H groups in total. The first-order valence-electron chi connectivity index (χ1n) is 11.9. The third-order valence-corrected chi connectivity index (χ3v) is 6.85. The molecule has 176 valence electrons. The fourth-order valence-electron chi connectivity index (χ4n) is 4.54. The predicted octanol–water partition coefficient (Wildman–Crippen LogP) is 8.19. The van der Waals surface area contributed by atoms with Crippen LogP contribution in [0.4, 0.5) is 0 Å². The molecule has 5 rings (SSSR count). The van der Waals surface area contributed by atoms with Gasteiger partial charge in [-0.3, -0.25) is 0 Å². The molecular weight excluding hydrogens is 467 g/mol. The molecule has 2 heterocycles. The third kappa shape index (κ3) is 4.89. The van der Waals surface area contributed by atoms with Crippen molar-refractivity contribution in [2.24, 2.45) is 5.10 Å². The molecule has 0 radical (unpaired) electrons. The number of hydrogen-bond donors (Lipinski definition) is 0. The summed E-state index contributed by atoms with van der Waals surface area (Å²) in [5.41, 5.74) is 4.16. The van der Waals surface area contributed by atoms with E-state index in [9.17, 15) is 0 Å². The van der Waals surface area contributed by atoms with Crippen molar-refractivity contribution in [3.05, 3.63) is 93.5 Å². The Kier molecular flexibility index (Phi) is 6.98. The zero-order valence-electron chi connectivity index (χ0n) is 19.2. The van der Waals surface area contributed by atoms with Crippen LogP contribution >= 0.6 is 23.2 Å². The van der Waals surface area contributed by atoms with Gasteiger partial charge in [0.1, 0.15) is 11.5 Å². The Bertz CT molecular complexity index is 1160. The summed E-state index contributed by atoms with van der Waals surface area (Å²) in [6, 6.07) is 21.9. The molecule has 34 heavy (non-hydrogen) atoms. The van der Waals surface area contributed by atoms with Crippen LogP contribution in [0.2, 0.25) is 10.0 Å². The van der Waals surface area contributed by atoms with Gasteiger partial charge in [-0.15, -0.1) is 0 Å². The van der Waals surface area contributed by atoms with E-state index in [0.717, 1.165) is 53.3 Å². The molecule has 4 nitrogen and oxygen atoms in total. The summed E-state index contributed by atoms with van der Waals surface area (Å²) < 4.78 is 12.4. The topological polar surface area (TPSA) is 34.1 Å². The lowest BCUT2D eigenvalue weighted by molar-refractivity contribution is -0.0190. The van der Waals surface area contributed by atoms with Crippen LogP contribution in [-0.4, -0.2) is 17.3 Å². The maximum Gasteiger partial charge on any atom is 0.213 e. The molecule has 0 aromatic heterocycles. The molecule has 6 heteroatoms. The van der Waals surface area contributed by atoms with Gasteiger partial charge in [-0.05, 0) is 66.6 Å². The smallest absolute Gasteiger partial charge is 0.213 e. The zero-order valence-corrected chi connectivity index (χ0v) is 20.7. The molecular formula is C28H28Cl2N2O2. The molecule has 0 bridgehead atoms. The van der Waals surface area contributed by atoms with E-state index in [-0.39, 0.29) is 12.3 Å². The quantitative estimate of drug-likeness (QED) is 0.296. The largest absolute Gasteiger partial charge is 0.494 e. The van der Waals surface area contributed by atoms with E-state index in [4.69, 9.17) is 37.8 Å². The van der Waals surface area contributed by atoms with E-state index < -0.39 is 0 Å². The first-order valence-corrected chi connectivity index (χ1v) is 12.7. The van der Waals surface area contributed by atoms with E-state index in [1.807, 2.05) is 54.6 Å². The van der Waals surface area contributed by atoms with Crippen molar-refractivity contribution in [2.45, 2.75) is 51.3 Å². The molecule has 0 saturated heterocycles. The summed E-state index contributed by atoms with van der Waals surface area (Å²) in [7, 11) is 0. The molecule has 0 amide bonds. The second-order valence-corrected chi connectivity index (χ2v) is 9.66. The Morgan fingerprint density at radius 3 is 2.47 bits per heavy atom. The number of hydrogen-bond acceptors (Lipinski definition) is 4. The minimum atomic E-state index is -0.331. The number of hydrazone groups is 1. The Labute approximate surface area is 211 Å². The summed E-state index contributed by atoms with van der Waals surface area (Å²) in [5, 5.41) is 8.47. The van der Waals surface area contributed by atoms with Crippen molar-refractivity contribution in [1.82, 2.24) is 5.01 Å². The van der Waals surface area contributed by atoms with E-state index >= 15 is 0 Å². The number of halogens is 2. The van der Waals surface area contributed by atoms with Gasteiger partial charge in [0.15, 0.2) is 0 Å². The number of benzene rings is 3. The van der Waals surface area contributed by atoms with E-state index in [0.29, 0.717) is 10.0 Å². The zero-order chi connectivity index (χ0) is 23.5. The molecule has 0 unspecified atom stereocenters. The number of fused-ring (bicyclic) bond motifs is 3. The van der Waals surface area contributed by atoms with Gasteiger partial charge in [-0.25, -0.2) is 5.01 Å². The highest BCUT2D eigenvalue weighted by molar-refractivity contribution is 6.31. The van der Waals surface area contributed by atoms with Crippen molar-refractivity contribution >= 4 is 28.9 Å². The summed E-state index contributed by atoms with van der Waals surface area (Å²) in [6.07, 6.45) is 5.21. The van der Waals surface area contributed by atoms with Crippen LogP contribution in [-0.2, 0) is 0 Å². The standard InChI is InChI=1S/C28H28Cl2N2O2/c1-2-3-4-5-16-33-23-13-8-20(9-14-23)28-32-26(24-17-22(30)12-15-27(24)34-28)18-25(31-32)19-6-10-21(29)11-7-19/h6-15,17,26,28H,2-5,16,18H2,1H3/t26-,28+/m1/s1. The van der Waals surface area contributed by atoms with E-state index in [1.54, 1.807) is 0 Å². The van der Waals surface area contributed by atoms with Crippen LogP contribution in [0.15, 0.2) is 71.8 Å². The lowest BCUT2D eigenvalue weighted by Gasteiger charge is -2.38. The average molecular weight is 495 g/mol. The first kappa shape index (κ1) is 23.1. The lowest BCUT2D eigenvalue weighted by atomic mass is 9.96. The van der Waals surface area contributed by atoms with Gasteiger partial charge in [0, 0.05) is 27.6 Å². The highest BCUT2D eigenvalue weighted by atomic mass is 35.5. The van der Waals surface area contributed by atoms with Crippen LogP contribution < -0.4 is 9.47 Å². The molecule has 0 spiro atoms. The second-order valence-electron chi connectivity index (χ2n) is 8.78. The maximum absolute atomic E-state index is 6.45. The van der Waals surface area contributed by atoms with E-state index in [1.165, 1.54) is 19.3 Å². The normalized spacial score (nSPS) is 18.7. The number of ether oxygens (including phenoxy) is 2. The third-order valence-electron chi connectivity index (χ3n) is 6.36. The van der Waals surface area contributed by atoms with Crippen molar-refractivity contribution in [2.75, 3.05) is 6.61 Å². The molecule has 3 aromatic carbocycles. The van der Waals surface area contributed by atoms with Gasteiger partial charge in [0.2, 0.25) is 6.23 Å². The Balaban J connectivity index is 1.40. The molecule has 2 aliphatic rings. The molecule has 0 saturated carbocycles. The molecule has 2 atom stereocenters. The summed E-state index contributed by atoms with van der Waals surface area (Å²) in [6.45, 7) is 2.96. The minimum Gasteiger partial charge on any atom is -0.494 e. The molecule has 0 aliphatic carbocycles. The Morgan fingerprint density at radius 2 is 1.71 bits per heavy atom. The SMILES string of the molecule is CCCCCCOc1ccc([C@@H]2Oc3ccc(Cl)cc3[C@H]3CC(c4ccc(Cl)cc4)=NN32)cc1. The predicted molar refractivity (Wildman–Crippen MR) is 138 cm³/mol. The fourth-order valence-corrected chi connectivity index (χ4v) is 4.85. The number of unbranched alkanes of at least 4 members (excludes halogenated alkanes) is 3. The van der Waals surface area contributed by atoms with Gasteiger partial charge < -0.3 is 9.47 Å². The number of nitrogens with zero attached hydrogens (tertiary/aromatic N) is 2. The molecule has 0 fully saturated rings. The van der Waals surface area contributed by atoms with Crippen LogP contribution in [0.1, 0.15) is 68.0 Å². The molecule has 2 aliphatic heterocycles. The monoisotopic (exact) mass is 494 g/mol. The van der Waals surface area contributed by atoms with Gasteiger partial charge in [-0.2, -0.15) is 5.10 Å². The molecule has 3 aromatic rings. The van der Waals surface area contributed by atoms with Crippen LogP contribution in [0.5, 0.6) is 11.5 Å². The van der Waals surface area contributed by atoms with Gasteiger partial charge in [-0.1, -0.05) is 61.5 Å². The Morgan fingerprint density at radius 1 is 0.941 bits per heavy atom. The second kappa shape index (κ2) is 10.3. The van der Waals surface area contributed by atoms with Crippen molar-refractivity contribution in [3.8, 4) is 11.5 Å². The average Bonchev–Trinajstić information content (AvgIpc) is 3.30. The van der Waals surface area contributed by atoms with Crippen molar-refractivity contribution in [3.63, 3.8) is 0 Å². The summed E-state index contributed by atoms with van der Waals surface area (Å²) >= 11 is 12.4. The van der Waals surface area contributed by atoms with Crippen LogP contribution in [0, 0.1) is 0 Å². The fraction of sp³-hybridized carbons (Fsp3) is 0.321. The van der Waals surface area contributed by atoms with Gasteiger partial charge in [0.25, 0.3) is 0 Å². The maximum atomic E-state index is 6.45. The Hall–Kier alpha value is -2.69. The summed E-state index contributed by atoms with van der Waals surface area (Å²) in [5.74, 6) is 1.73. The van der Waals surface area contributed by atoms with Gasteiger partial charge in [0.05, 0.1) is 18.4 Å². The first-order chi connectivity index (χ1) is 16.6. The van der Waals surface area contributed by atoms with Crippen LogP contribution in [0.3, 0.4) is 0 Å². The van der Waals surface area contributed by atoms with E-state index in [2.05, 4.69) is 24.1 Å².